The fourth-order valence-electron chi connectivity index (χ4n) is 5.58. The van der Waals surface area contributed by atoms with Gasteiger partial charge in [-0.25, -0.2) is 9.78 Å². The van der Waals surface area contributed by atoms with Crippen LogP contribution >= 0.6 is 0 Å². The van der Waals surface area contributed by atoms with Gasteiger partial charge in [-0.05, 0) is 47.9 Å². The Labute approximate surface area is 237 Å². The summed E-state index contributed by atoms with van der Waals surface area (Å²) in [5, 5.41) is 11.4. The van der Waals surface area contributed by atoms with Gasteiger partial charge in [0.1, 0.15) is 11.4 Å². The van der Waals surface area contributed by atoms with Crippen LogP contribution in [0.4, 0.5) is 5.69 Å². The largest absolute Gasteiger partial charge is 0.512 e. The van der Waals surface area contributed by atoms with Crippen LogP contribution in [0.2, 0.25) is 0 Å². The molecule has 0 aliphatic carbocycles. The maximum atomic E-state index is 13.7. The van der Waals surface area contributed by atoms with Gasteiger partial charge in [0.05, 0.1) is 11.9 Å². The highest BCUT2D eigenvalue weighted by Crippen LogP contribution is 2.47. The third-order valence-electron chi connectivity index (χ3n) is 7.33. The average Bonchev–Trinajstić information content (AvgIpc) is 3.32. The number of benzene rings is 2. The standard InChI is InChI=1S/C31H39N3O5S/c1-6-16-31(17-15-22-11-8-7-9-12-22)19-25(35)27(29(36)39-31)28(30(2,3)4)23-13-10-14-24(18-23)33-40(37,38)26-20-34(5)21-32-26/h7-14,18,20-21,28,33,35H,6,15-17,19H2,1-5H3/t28-,31+/m1/s1. The summed E-state index contributed by atoms with van der Waals surface area (Å²) in [6.45, 7) is 8.00. The zero-order valence-corrected chi connectivity index (χ0v) is 24.7. The summed E-state index contributed by atoms with van der Waals surface area (Å²) < 4.78 is 36.1. The second kappa shape index (κ2) is 11.5. The molecule has 0 saturated heterocycles. The van der Waals surface area contributed by atoms with Gasteiger partial charge in [0.2, 0.25) is 0 Å². The molecule has 0 saturated carbocycles. The number of ether oxygens (including phenoxy) is 1. The lowest BCUT2D eigenvalue weighted by atomic mass is 9.70. The quantitative estimate of drug-likeness (QED) is 0.280. The number of imidazole rings is 1. The summed E-state index contributed by atoms with van der Waals surface area (Å²) in [6.07, 6.45) is 5.89. The van der Waals surface area contributed by atoms with E-state index in [0.717, 1.165) is 18.4 Å². The third-order valence-corrected chi connectivity index (χ3v) is 8.60. The summed E-state index contributed by atoms with van der Waals surface area (Å²) in [5.74, 6) is -1.02. The van der Waals surface area contributed by atoms with Crippen molar-refractivity contribution in [2.45, 2.75) is 76.3 Å². The van der Waals surface area contributed by atoms with Crippen molar-refractivity contribution in [1.29, 1.82) is 0 Å². The molecule has 0 bridgehead atoms. The van der Waals surface area contributed by atoms with Crippen molar-refractivity contribution in [2.75, 3.05) is 4.72 Å². The van der Waals surface area contributed by atoms with Crippen LogP contribution in [0.3, 0.4) is 0 Å². The Hall–Kier alpha value is -3.59. The highest BCUT2D eigenvalue weighted by Gasteiger charge is 2.46. The van der Waals surface area contributed by atoms with E-state index in [1.807, 2.05) is 52.0 Å². The minimum Gasteiger partial charge on any atom is -0.512 e. The summed E-state index contributed by atoms with van der Waals surface area (Å²) in [4.78, 5) is 17.7. The van der Waals surface area contributed by atoms with E-state index >= 15 is 0 Å². The second-order valence-electron chi connectivity index (χ2n) is 11.8. The summed E-state index contributed by atoms with van der Waals surface area (Å²) in [5.41, 5.74) is 1.14. The van der Waals surface area contributed by atoms with Gasteiger partial charge < -0.3 is 14.4 Å². The highest BCUT2D eigenvalue weighted by molar-refractivity contribution is 7.92. The van der Waals surface area contributed by atoms with Crippen molar-refractivity contribution in [3.8, 4) is 0 Å². The topological polar surface area (TPSA) is 111 Å². The first-order valence-electron chi connectivity index (χ1n) is 13.6. The first-order chi connectivity index (χ1) is 18.8. The van der Waals surface area contributed by atoms with Gasteiger partial charge in [-0.2, -0.15) is 8.42 Å². The third kappa shape index (κ3) is 6.58. The number of sulfonamides is 1. The Bertz CT molecular complexity index is 1490. The van der Waals surface area contributed by atoms with Crippen molar-refractivity contribution in [3.05, 3.63) is 89.6 Å². The van der Waals surface area contributed by atoms with E-state index < -0.39 is 32.9 Å². The molecule has 4 rings (SSSR count). The van der Waals surface area contributed by atoms with Gasteiger partial charge in [-0.15, -0.1) is 0 Å². The van der Waals surface area contributed by atoms with E-state index in [2.05, 4.69) is 21.8 Å². The molecule has 0 spiro atoms. The number of esters is 1. The molecule has 0 radical (unpaired) electrons. The minimum atomic E-state index is -3.90. The highest BCUT2D eigenvalue weighted by atomic mass is 32.2. The first kappa shape index (κ1) is 29.4. The molecule has 1 aromatic heterocycles. The maximum absolute atomic E-state index is 13.7. The molecule has 2 atom stereocenters. The molecule has 2 aromatic carbocycles. The number of nitrogens with one attached hydrogen (secondary N) is 1. The zero-order chi connectivity index (χ0) is 29.1. The van der Waals surface area contributed by atoms with E-state index in [9.17, 15) is 18.3 Å². The van der Waals surface area contributed by atoms with Gasteiger partial charge in [0.15, 0.2) is 5.03 Å². The lowest BCUT2D eigenvalue weighted by molar-refractivity contribution is -0.161. The number of aromatic nitrogens is 2. The van der Waals surface area contributed by atoms with Gasteiger partial charge in [-0.3, -0.25) is 4.72 Å². The number of nitrogens with zero attached hydrogens (tertiary/aromatic N) is 2. The molecular formula is C31H39N3O5S. The van der Waals surface area contributed by atoms with E-state index in [1.54, 1.807) is 29.8 Å². The normalized spacial score (nSPS) is 18.9. The number of rotatable bonds is 10. The minimum absolute atomic E-state index is 0.0390. The first-order valence-corrected chi connectivity index (χ1v) is 15.1. The molecule has 9 heteroatoms. The molecule has 8 nitrogen and oxygen atoms in total. The van der Waals surface area contributed by atoms with Crippen molar-refractivity contribution < 1.29 is 23.1 Å². The van der Waals surface area contributed by atoms with E-state index in [0.29, 0.717) is 24.1 Å². The lowest BCUT2D eigenvalue weighted by Gasteiger charge is -2.41. The van der Waals surface area contributed by atoms with Gasteiger partial charge >= 0.3 is 5.97 Å². The number of hydrogen-bond donors (Lipinski definition) is 2. The van der Waals surface area contributed by atoms with E-state index in [1.165, 1.54) is 12.5 Å². The predicted octanol–water partition coefficient (Wildman–Crippen LogP) is 6.28. The van der Waals surface area contributed by atoms with E-state index in [-0.39, 0.29) is 22.8 Å². The number of carbonyl (C=O) groups excluding carboxylic acids is 1. The van der Waals surface area contributed by atoms with Crippen LogP contribution in [0.15, 0.2) is 83.5 Å². The fraction of sp³-hybridized carbons (Fsp3) is 0.419. The zero-order valence-electron chi connectivity index (χ0n) is 23.8. The molecule has 1 aliphatic rings. The molecule has 1 aliphatic heterocycles. The molecule has 2 heterocycles. The Morgan fingerprint density at radius 2 is 1.85 bits per heavy atom. The van der Waals surface area contributed by atoms with Crippen LogP contribution < -0.4 is 4.72 Å². The van der Waals surface area contributed by atoms with Crippen molar-refractivity contribution in [3.63, 3.8) is 0 Å². The molecule has 3 aromatic rings. The van der Waals surface area contributed by atoms with Crippen LogP contribution in [0.5, 0.6) is 0 Å². The summed E-state index contributed by atoms with van der Waals surface area (Å²) >= 11 is 0. The Morgan fingerprint density at radius 3 is 2.45 bits per heavy atom. The number of aliphatic hydroxyl groups excluding tert-OH is 1. The number of anilines is 1. The molecular weight excluding hydrogens is 526 g/mol. The van der Waals surface area contributed by atoms with Crippen LogP contribution in [-0.4, -0.2) is 34.6 Å². The number of aliphatic hydroxyl groups is 1. The Kier molecular flexibility index (Phi) is 8.44. The Balaban J connectivity index is 1.66. The second-order valence-corrected chi connectivity index (χ2v) is 13.4. The van der Waals surface area contributed by atoms with Gasteiger partial charge in [0.25, 0.3) is 10.0 Å². The molecule has 2 N–H and O–H groups in total. The van der Waals surface area contributed by atoms with E-state index in [4.69, 9.17) is 4.74 Å². The summed E-state index contributed by atoms with van der Waals surface area (Å²) in [6, 6.07) is 17.0. The molecule has 40 heavy (non-hydrogen) atoms. The number of cyclic esters (lactones) is 1. The fourth-order valence-corrected chi connectivity index (χ4v) is 6.62. The molecule has 214 valence electrons. The van der Waals surface area contributed by atoms with Gasteiger partial charge in [0, 0.05) is 31.3 Å². The maximum Gasteiger partial charge on any atom is 0.338 e. The van der Waals surface area contributed by atoms with Crippen LogP contribution in [0, 0.1) is 5.41 Å². The number of hydrogen-bond acceptors (Lipinski definition) is 6. The number of carbonyl (C=O) groups is 1. The van der Waals surface area contributed by atoms with Crippen molar-refractivity contribution in [2.24, 2.45) is 12.5 Å². The van der Waals surface area contributed by atoms with Crippen LogP contribution in [0.25, 0.3) is 0 Å². The SMILES string of the molecule is CCC[C@]1(CCc2ccccc2)CC(O)=C([C@@H](c2cccc(NS(=O)(=O)c3cn(C)cn3)c2)C(C)(C)C)C(=O)O1. The summed E-state index contributed by atoms with van der Waals surface area (Å²) in [7, 11) is -2.21. The predicted molar refractivity (Wildman–Crippen MR) is 155 cm³/mol. The average molecular weight is 566 g/mol. The van der Waals surface area contributed by atoms with Crippen molar-refractivity contribution in [1.82, 2.24) is 9.55 Å². The lowest BCUT2D eigenvalue weighted by Crippen LogP contribution is -2.43. The van der Waals surface area contributed by atoms with Crippen molar-refractivity contribution >= 4 is 21.7 Å². The monoisotopic (exact) mass is 565 g/mol. The van der Waals surface area contributed by atoms with Gasteiger partial charge in [-0.1, -0.05) is 76.6 Å². The smallest absolute Gasteiger partial charge is 0.338 e. The number of aryl methyl sites for hydroxylation is 2. The van der Waals surface area contributed by atoms with Crippen LogP contribution in [0.1, 0.15) is 70.4 Å². The molecule has 0 unspecified atom stereocenters. The molecule has 0 fully saturated rings. The molecule has 0 amide bonds. The Morgan fingerprint density at radius 1 is 1.12 bits per heavy atom. The van der Waals surface area contributed by atoms with Crippen LogP contribution in [-0.2, 0) is 33.0 Å².